The second-order valence-electron chi connectivity index (χ2n) is 6.99. The summed E-state index contributed by atoms with van der Waals surface area (Å²) in [6.45, 7) is 10.1. The fraction of sp³-hybridized carbons (Fsp3) is 0.208. The quantitative estimate of drug-likeness (QED) is 0.259. The molecule has 3 aromatic rings. The Kier molecular flexibility index (Phi) is 7.77. The zero-order valence-electron chi connectivity index (χ0n) is 18.0. The number of rotatable bonds is 9. The number of carbonyl (C=O) groups excluding carboxylic acids is 1. The van der Waals surface area contributed by atoms with Crippen LogP contribution in [0.25, 0.3) is 16.6 Å². The molecule has 1 aromatic heterocycles. The van der Waals surface area contributed by atoms with E-state index in [1.165, 1.54) is 23.4 Å². The van der Waals surface area contributed by atoms with E-state index in [1.807, 2.05) is 13.0 Å². The number of ether oxygens (including phenoxy) is 1. The molecule has 32 heavy (non-hydrogen) atoms. The molecule has 3 rings (SSSR count). The van der Waals surface area contributed by atoms with Gasteiger partial charge in [0.05, 0.1) is 29.5 Å². The highest BCUT2D eigenvalue weighted by molar-refractivity contribution is 7.99. The number of thioether (sulfide) groups is 1. The minimum Gasteiger partial charge on any atom is -0.495 e. The summed E-state index contributed by atoms with van der Waals surface area (Å²) in [6.07, 6.45) is 3.33. The molecule has 6 nitrogen and oxygen atoms in total. The maximum absolute atomic E-state index is 13.5. The minimum atomic E-state index is -0.250. The maximum atomic E-state index is 13.5. The molecule has 0 bridgehead atoms. The highest BCUT2D eigenvalue weighted by Crippen LogP contribution is 2.32. The van der Waals surface area contributed by atoms with Gasteiger partial charge in [-0.05, 0) is 30.7 Å². The number of carbonyl (C=O) groups is 1. The van der Waals surface area contributed by atoms with Crippen LogP contribution in [0.1, 0.15) is 5.56 Å². The Hall–Kier alpha value is -3.03. The average molecular weight is 470 g/mol. The Morgan fingerprint density at radius 3 is 2.59 bits per heavy atom. The van der Waals surface area contributed by atoms with Crippen LogP contribution in [0.15, 0.2) is 71.7 Å². The summed E-state index contributed by atoms with van der Waals surface area (Å²) in [5.74, 6) is 0.428. The molecule has 1 amide bonds. The first kappa shape index (κ1) is 23.6. The van der Waals surface area contributed by atoms with Crippen molar-refractivity contribution in [3.05, 3.63) is 82.6 Å². The van der Waals surface area contributed by atoms with Crippen LogP contribution in [0.2, 0.25) is 5.02 Å². The molecule has 0 saturated heterocycles. The van der Waals surface area contributed by atoms with Crippen LogP contribution in [-0.4, -0.2) is 46.3 Å². The zero-order chi connectivity index (χ0) is 23.3. The van der Waals surface area contributed by atoms with Gasteiger partial charge in [0.1, 0.15) is 5.75 Å². The Balaban J connectivity index is 2.13. The van der Waals surface area contributed by atoms with Gasteiger partial charge in [0.15, 0.2) is 5.16 Å². The maximum Gasteiger partial charge on any atom is 0.266 e. The number of hydrogen-bond acceptors (Lipinski definition) is 5. The summed E-state index contributed by atoms with van der Waals surface area (Å²) in [5.41, 5.74) is 1.61. The van der Waals surface area contributed by atoms with E-state index in [9.17, 15) is 9.59 Å². The average Bonchev–Trinajstić information content (AvgIpc) is 2.79. The summed E-state index contributed by atoms with van der Waals surface area (Å²) in [5, 5.41) is 1.39. The highest BCUT2D eigenvalue weighted by Gasteiger charge is 2.20. The Labute approximate surface area is 196 Å². The first-order valence-corrected chi connectivity index (χ1v) is 11.3. The monoisotopic (exact) mass is 469 g/mol. The molecule has 0 unspecified atom stereocenters. The molecule has 0 N–H and O–H groups in total. The zero-order valence-corrected chi connectivity index (χ0v) is 19.6. The summed E-state index contributed by atoms with van der Waals surface area (Å²) >= 11 is 7.46. The van der Waals surface area contributed by atoms with Gasteiger partial charge in [-0.15, -0.1) is 13.2 Å². The lowest BCUT2D eigenvalue weighted by atomic mass is 10.2. The normalized spacial score (nSPS) is 10.7. The number of methoxy groups -OCH3 is 1. The van der Waals surface area contributed by atoms with E-state index in [1.54, 1.807) is 47.4 Å². The topological polar surface area (TPSA) is 64.4 Å². The molecule has 8 heteroatoms. The third-order valence-corrected chi connectivity index (χ3v) is 6.15. The van der Waals surface area contributed by atoms with E-state index in [2.05, 4.69) is 18.1 Å². The summed E-state index contributed by atoms with van der Waals surface area (Å²) < 4.78 is 6.99. The van der Waals surface area contributed by atoms with Gasteiger partial charge in [0, 0.05) is 24.2 Å². The predicted molar refractivity (Wildman–Crippen MR) is 131 cm³/mol. The van der Waals surface area contributed by atoms with Gasteiger partial charge in [0.25, 0.3) is 5.56 Å². The molecule has 0 aliphatic heterocycles. The first-order chi connectivity index (χ1) is 15.4. The smallest absolute Gasteiger partial charge is 0.266 e. The number of para-hydroxylation sites is 1. The van der Waals surface area contributed by atoms with Crippen molar-refractivity contribution in [1.29, 1.82) is 0 Å². The molecule has 0 fully saturated rings. The molecule has 0 aliphatic rings. The SMILES string of the molecule is C=CCN(CC=C)C(=O)CSc1nc2ccccc2c(=O)n1-c1cc(C)c(Cl)cc1OC. The van der Waals surface area contributed by atoms with Crippen molar-refractivity contribution in [2.45, 2.75) is 12.1 Å². The molecule has 166 valence electrons. The predicted octanol–water partition coefficient (Wildman–Crippen LogP) is 4.65. The number of halogens is 1. The Bertz CT molecular complexity index is 1230. The first-order valence-electron chi connectivity index (χ1n) is 9.90. The fourth-order valence-electron chi connectivity index (χ4n) is 3.22. The van der Waals surface area contributed by atoms with Crippen LogP contribution in [0, 0.1) is 6.92 Å². The molecule has 0 spiro atoms. The van der Waals surface area contributed by atoms with Crippen molar-refractivity contribution >= 4 is 40.2 Å². The molecule has 0 saturated carbocycles. The van der Waals surface area contributed by atoms with E-state index < -0.39 is 0 Å². The molecular formula is C24H24ClN3O3S. The minimum absolute atomic E-state index is 0.0986. The van der Waals surface area contributed by atoms with Gasteiger partial charge in [-0.1, -0.05) is 47.6 Å². The summed E-state index contributed by atoms with van der Waals surface area (Å²) in [4.78, 5) is 32.6. The Morgan fingerprint density at radius 2 is 1.94 bits per heavy atom. The molecule has 2 aromatic carbocycles. The van der Waals surface area contributed by atoms with E-state index in [0.29, 0.717) is 45.6 Å². The number of nitrogens with zero attached hydrogens (tertiary/aromatic N) is 3. The standard InChI is InChI=1S/C24H24ClN3O3S/c1-5-11-27(12-6-2)22(29)15-32-24-26-19-10-8-7-9-17(19)23(30)28(24)20-13-16(3)18(25)14-21(20)31-4/h5-10,13-14H,1-2,11-12,15H2,3-4H3. The van der Waals surface area contributed by atoms with Crippen LogP contribution in [0.5, 0.6) is 5.75 Å². The van der Waals surface area contributed by atoms with E-state index in [0.717, 1.165) is 5.56 Å². The summed E-state index contributed by atoms with van der Waals surface area (Å²) in [6, 6.07) is 10.6. The van der Waals surface area contributed by atoms with Gasteiger partial charge >= 0.3 is 0 Å². The number of aromatic nitrogens is 2. The lowest BCUT2D eigenvalue weighted by molar-refractivity contribution is -0.127. The van der Waals surface area contributed by atoms with Crippen LogP contribution in [-0.2, 0) is 4.79 Å². The third kappa shape index (κ3) is 4.89. The number of benzene rings is 2. The molecule has 0 atom stereocenters. The van der Waals surface area contributed by atoms with E-state index in [-0.39, 0.29) is 17.2 Å². The van der Waals surface area contributed by atoms with Crippen molar-refractivity contribution in [1.82, 2.24) is 14.5 Å². The summed E-state index contributed by atoms with van der Waals surface area (Å²) in [7, 11) is 1.52. The van der Waals surface area contributed by atoms with Crippen LogP contribution >= 0.6 is 23.4 Å². The lowest BCUT2D eigenvalue weighted by Crippen LogP contribution is -2.33. The second kappa shape index (κ2) is 10.5. The largest absolute Gasteiger partial charge is 0.495 e. The van der Waals surface area contributed by atoms with Crippen LogP contribution in [0.4, 0.5) is 0 Å². The van der Waals surface area contributed by atoms with Gasteiger partial charge in [0.2, 0.25) is 5.91 Å². The van der Waals surface area contributed by atoms with Crippen molar-refractivity contribution < 1.29 is 9.53 Å². The molecule has 0 radical (unpaired) electrons. The van der Waals surface area contributed by atoms with Crippen molar-refractivity contribution in [2.75, 3.05) is 26.0 Å². The van der Waals surface area contributed by atoms with Crippen LogP contribution < -0.4 is 10.3 Å². The van der Waals surface area contributed by atoms with Crippen molar-refractivity contribution in [3.63, 3.8) is 0 Å². The van der Waals surface area contributed by atoms with Gasteiger partial charge in [-0.3, -0.25) is 14.2 Å². The van der Waals surface area contributed by atoms with Gasteiger partial charge in [-0.25, -0.2) is 4.98 Å². The van der Waals surface area contributed by atoms with Crippen molar-refractivity contribution in [3.8, 4) is 11.4 Å². The van der Waals surface area contributed by atoms with Crippen molar-refractivity contribution in [2.24, 2.45) is 0 Å². The Morgan fingerprint density at radius 1 is 1.25 bits per heavy atom. The number of hydrogen-bond donors (Lipinski definition) is 0. The van der Waals surface area contributed by atoms with E-state index >= 15 is 0 Å². The number of fused-ring (bicyclic) bond motifs is 1. The van der Waals surface area contributed by atoms with Crippen LogP contribution in [0.3, 0.4) is 0 Å². The third-order valence-electron chi connectivity index (χ3n) is 4.82. The highest BCUT2D eigenvalue weighted by atomic mass is 35.5. The van der Waals surface area contributed by atoms with Gasteiger partial charge < -0.3 is 9.64 Å². The lowest BCUT2D eigenvalue weighted by Gasteiger charge is -2.20. The van der Waals surface area contributed by atoms with Gasteiger partial charge in [-0.2, -0.15) is 0 Å². The molecule has 1 heterocycles. The molecule has 0 aliphatic carbocycles. The van der Waals surface area contributed by atoms with E-state index in [4.69, 9.17) is 16.3 Å². The number of amides is 1. The fourth-order valence-corrected chi connectivity index (χ4v) is 4.28. The number of aryl methyl sites for hydroxylation is 1. The molecular weight excluding hydrogens is 446 g/mol. The second-order valence-corrected chi connectivity index (χ2v) is 8.34.